The van der Waals surface area contributed by atoms with Crippen LogP contribution in [0.4, 0.5) is 0 Å². The number of halogens is 3. The Kier molecular flexibility index (Phi) is 6.87. The van der Waals surface area contributed by atoms with Gasteiger partial charge >= 0.3 is 11.9 Å². The van der Waals surface area contributed by atoms with E-state index < -0.39 is 40.0 Å². The molecule has 11 heteroatoms. The molecule has 3 aromatic carbocycles. The minimum Gasteiger partial charge on any atom is -0.480 e. The number of rotatable bonds is 8. The van der Waals surface area contributed by atoms with Gasteiger partial charge in [0.25, 0.3) is 0 Å². The molecule has 2 atom stereocenters. The molecule has 3 aromatic rings. The van der Waals surface area contributed by atoms with Crippen molar-refractivity contribution in [1.82, 2.24) is 4.31 Å². The van der Waals surface area contributed by atoms with Crippen molar-refractivity contribution >= 4 is 56.8 Å². The Morgan fingerprint density at radius 3 is 1.89 bits per heavy atom. The highest BCUT2D eigenvalue weighted by atomic mass is 35.5. The zero-order valence-electron chi connectivity index (χ0n) is 17.9. The summed E-state index contributed by atoms with van der Waals surface area (Å²) < 4.78 is 27.7. The first-order valence-electron chi connectivity index (χ1n) is 10.3. The van der Waals surface area contributed by atoms with E-state index in [1.165, 1.54) is 24.3 Å². The Morgan fingerprint density at radius 1 is 0.886 bits per heavy atom. The first-order valence-corrected chi connectivity index (χ1v) is 12.8. The molecule has 7 nitrogen and oxygen atoms in total. The highest BCUT2D eigenvalue weighted by molar-refractivity contribution is 7.89. The van der Waals surface area contributed by atoms with Crippen molar-refractivity contribution in [3.05, 3.63) is 87.4 Å². The first kappa shape index (κ1) is 25.5. The van der Waals surface area contributed by atoms with Gasteiger partial charge in [0.15, 0.2) is 0 Å². The Balaban J connectivity index is 1.76. The maximum Gasteiger partial charge on any atom is 0.325 e. The molecule has 2 unspecified atom stereocenters. The standard InChI is InChI=1S/C24H18Cl3NO6S/c25-16-8-4-14(5-9-16)15-6-10-17(11-7-15)35(33,34)28(13-21(29)30)24(23(31)32)12-18(24)22-19(26)2-1-3-20(22)27/h1-11,18H,12-13H2,(H,29,30)(H,31,32). The Bertz CT molecular complexity index is 1390. The second-order valence-electron chi connectivity index (χ2n) is 8.06. The fourth-order valence-electron chi connectivity index (χ4n) is 4.21. The van der Waals surface area contributed by atoms with Crippen molar-refractivity contribution in [1.29, 1.82) is 0 Å². The minimum atomic E-state index is -4.54. The smallest absolute Gasteiger partial charge is 0.325 e. The number of carbonyl (C=O) groups is 2. The van der Waals surface area contributed by atoms with E-state index >= 15 is 0 Å². The maximum absolute atomic E-state index is 13.6. The van der Waals surface area contributed by atoms with Gasteiger partial charge in [0.1, 0.15) is 12.1 Å². The summed E-state index contributed by atoms with van der Waals surface area (Å²) in [5, 5.41) is 20.5. The molecule has 2 N–H and O–H groups in total. The zero-order valence-corrected chi connectivity index (χ0v) is 20.9. The largest absolute Gasteiger partial charge is 0.480 e. The van der Waals surface area contributed by atoms with Crippen LogP contribution in [0, 0.1) is 0 Å². The second-order valence-corrected chi connectivity index (χ2v) is 11.2. The number of hydrogen-bond donors (Lipinski definition) is 2. The lowest BCUT2D eigenvalue weighted by Gasteiger charge is -2.28. The number of carboxylic acid groups (broad SMARTS) is 2. The number of hydrogen-bond acceptors (Lipinski definition) is 4. The SMILES string of the molecule is O=C(O)CN(C1(C(=O)O)CC1c1c(Cl)cccc1Cl)S(=O)(=O)c1ccc(-c2ccc(Cl)cc2)cc1. The number of aliphatic carboxylic acids is 2. The van der Waals surface area contributed by atoms with Gasteiger partial charge in [0.2, 0.25) is 10.0 Å². The van der Waals surface area contributed by atoms with Crippen LogP contribution in [0.15, 0.2) is 71.6 Å². The summed E-state index contributed by atoms with van der Waals surface area (Å²) in [5.74, 6) is -3.91. The number of benzene rings is 3. The van der Waals surface area contributed by atoms with Crippen LogP contribution in [-0.2, 0) is 19.6 Å². The van der Waals surface area contributed by atoms with E-state index in [2.05, 4.69) is 0 Å². The van der Waals surface area contributed by atoms with Gasteiger partial charge in [-0.1, -0.05) is 65.1 Å². The van der Waals surface area contributed by atoms with Crippen molar-refractivity contribution in [3.63, 3.8) is 0 Å². The fraction of sp³-hybridized carbons (Fsp3) is 0.167. The summed E-state index contributed by atoms with van der Waals surface area (Å²) in [5.41, 5.74) is -0.300. The van der Waals surface area contributed by atoms with Crippen LogP contribution in [0.3, 0.4) is 0 Å². The molecular formula is C24H18Cl3NO6S. The highest BCUT2D eigenvalue weighted by Gasteiger charge is 2.69. The van der Waals surface area contributed by atoms with Gasteiger partial charge in [-0.2, -0.15) is 4.31 Å². The van der Waals surface area contributed by atoms with Crippen molar-refractivity contribution in [3.8, 4) is 11.1 Å². The van der Waals surface area contributed by atoms with Crippen LogP contribution in [0.5, 0.6) is 0 Å². The molecule has 4 rings (SSSR count). The van der Waals surface area contributed by atoms with E-state index in [0.29, 0.717) is 14.9 Å². The van der Waals surface area contributed by atoms with Gasteiger partial charge in [-0.05, 0) is 59.5 Å². The predicted octanol–water partition coefficient (Wildman–Crippen LogP) is 5.40. The molecule has 1 fully saturated rings. The lowest BCUT2D eigenvalue weighted by Crippen LogP contribution is -2.50. The third-order valence-electron chi connectivity index (χ3n) is 5.99. The molecular weight excluding hydrogens is 537 g/mol. The monoisotopic (exact) mass is 553 g/mol. The fourth-order valence-corrected chi connectivity index (χ4v) is 6.72. The minimum absolute atomic E-state index is 0.172. The molecule has 35 heavy (non-hydrogen) atoms. The average molecular weight is 555 g/mol. The van der Waals surface area contributed by atoms with E-state index in [9.17, 15) is 28.2 Å². The molecule has 182 valence electrons. The Morgan fingerprint density at radius 2 is 1.40 bits per heavy atom. The topological polar surface area (TPSA) is 112 Å². The molecule has 0 heterocycles. The van der Waals surface area contributed by atoms with Crippen LogP contribution in [0.2, 0.25) is 15.1 Å². The quantitative estimate of drug-likeness (QED) is 0.386. The maximum atomic E-state index is 13.6. The van der Waals surface area contributed by atoms with Crippen LogP contribution in [0.25, 0.3) is 11.1 Å². The van der Waals surface area contributed by atoms with Crippen LogP contribution in [-0.4, -0.2) is 47.0 Å². The molecule has 1 saturated carbocycles. The first-order chi connectivity index (χ1) is 16.5. The van der Waals surface area contributed by atoms with Crippen LogP contribution < -0.4 is 0 Å². The van der Waals surface area contributed by atoms with E-state index in [1.807, 2.05) is 0 Å². The van der Waals surface area contributed by atoms with Gasteiger partial charge in [0.05, 0.1) is 4.90 Å². The highest BCUT2D eigenvalue weighted by Crippen LogP contribution is 2.59. The third kappa shape index (κ3) is 4.64. The average Bonchev–Trinajstić information content (AvgIpc) is 3.54. The summed E-state index contributed by atoms with van der Waals surface area (Å²) in [4.78, 5) is 23.9. The van der Waals surface area contributed by atoms with Crippen LogP contribution in [0.1, 0.15) is 17.9 Å². The third-order valence-corrected chi connectivity index (χ3v) is 8.81. The summed E-state index contributed by atoms with van der Waals surface area (Å²) in [7, 11) is -4.54. The summed E-state index contributed by atoms with van der Waals surface area (Å²) >= 11 is 18.4. The lowest BCUT2D eigenvalue weighted by atomic mass is 10.1. The van der Waals surface area contributed by atoms with E-state index in [-0.39, 0.29) is 26.9 Å². The second kappa shape index (κ2) is 9.44. The molecule has 0 spiro atoms. The van der Waals surface area contributed by atoms with Gasteiger partial charge in [0, 0.05) is 21.0 Å². The van der Waals surface area contributed by atoms with Gasteiger partial charge < -0.3 is 10.2 Å². The molecule has 1 aliphatic carbocycles. The van der Waals surface area contributed by atoms with E-state index in [1.54, 1.807) is 42.5 Å². The van der Waals surface area contributed by atoms with E-state index in [0.717, 1.165) is 5.56 Å². The molecule has 0 radical (unpaired) electrons. The van der Waals surface area contributed by atoms with Gasteiger partial charge in [-0.15, -0.1) is 0 Å². The normalized spacial score (nSPS) is 19.5. The van der Waals surface area contributed by atoms with Crippen molar-refractivity contribution in [2.24, 2.45) is 0 Å². The number of nitrogens with zero attached hydrogens (tertiary/aromatic N) is 1. The molecule has 0 saturated heterocycles. The summed E-state index contributed by atoms with van der Waals surface area (Å²) in [6.45, 7) is -1.05. The van der Waals surface area contributed by atoms with Gasteiger partial charge in [-0.3, -0.25) is 9.59 Å². The van der Waals surface area contributed by atoms with Crippen molar-refractivity contribution in [2.75, 3.05) is 6.54 Å². The zero-order chi connectivity index (χ0) is 25.5. The lowest BCUT2D eigenvalue weighted by molar-refractivity contribution is -0.145. The molecule has 0 bridgehead atoms. The molecule has 0 aromatic heterocycles. The van der Waals surface area contributed by atoms with Crippen molar-refractivity contribution < 1.29 is 28.2 Å². The summed E-state index contributed by atoms with van der Waals surface area (Å²) in [6, 6.07) is 17.3. The molecule has 0 aliphatic heterocycles. The Labute approximate surface area is 216 Å². The van der Waals surface area contributed by atoms with E-state index in [4.69, 9.17) is 34.8 Å². The number of carboxylic acids is 2. The number of sulfonamides is 1. The van der Waals surface area contributed by atoms with Crippen LogP contribution >= 0.6 is 34.8 Å². The predicted molar refractivity (Wildman–Crippen MR) is 133 cm³/mol. The molecule has 1 aliphatic rings. The summed E-state index contributed by atoms with van der Waals surface area (Å²) in [6.07, 6.45) is -0.179. The van der Waals surface area contributed by atoms with Crippen molar-refractivity contribution in [2.45, 2.75) is 22.8 Å². The Hall–Kier alpha value is -2.62. The van der Waals surface area contributed by atoms with Gasteiger partial charge in [-0.25, -0.2) is 8.42 Å². The molecule has 0 amide bonds.